The Labute approximate surface area is 92.4 Å². The monoisotopic (exact) mass is 211 g/mol. The maximum Gasteiger partial charge on any atom is 0.156 e. The molecule has 1 aliphatic heterocycles. The van der Waals surface area contributed by atoms with E-state index in [1.165, 1.54) is 0 Å². The summed E-state index contributed by atoms with van der Waals surface area (Å²) in [5, 5.41) is 8.77. The quantitative estimate of drug-likeness (QED) is 0.666. The SMILES string of the molecule is CCN(CC)CCN1CCOC(C#N)C1. The minimum Gasteiger partial charge on any atom is -0.361 e. The van der Waals surface area contributed by atoms with Crippen LogP contribution in [0.3, 0.4) is 0 Å². The van der Waals surface area contributed by atoms with Gasteiger partial charge in [-0.1, -0.05) is 13.8 Å². The zero-order valence-corrected chi connectivity index (χ0v) is 9.78. The molecule has 0 amide bonds. The Bertz CT molecular complexity index is 210. The average Bonchev–Trinajstić information content (AvgIpc) is 2.31. The standard InChI is InChI=1S/C11H21N3O/c1-3-13(4-2)5-6-14-7-8-15-11(9-12)10-14/h11H,3-8,10H2,1-2H3. The second-order valence-electron chi connectivity index (χ2n) is 3.82. The lowest BCUT2D eigenvalue weighted by Crippen LogP contribution is -2.45. The van der Waals surface area contributed by atoms with Crippen LogP contribution in [0.25, 0.3) is 0 Å². The first-order chi connectivity index (χ1) is 7.30. The van der Waals surface area contributed by atoms with E-state index in [4.69, 9.17) is 10.00 Å². The van der Waals surface area contributed by atoms with Crippen molar-refractivity contribution in [1.82, 2.24) is 9.80 Å². The van der Waals surface area contributed by atoms with Gasteiger partial charge < -0.3 is 9.64 Å². The van der Waals surface area contributed by atoms with Crippen molar-refractivity contribution >= 4 is 0 Å². The Morgan fingerprint density at radius 2 is 2.20 bits per heavy atom. The summed E-state index contributed by atoms with van der Waals surface area (Å²) in [6.07, 6.45) is -0.226. The minimum atomic E-state index is -0.226. The number of nitriles is 1. The molecule has 0 aromatic carbocycles. The van der Waals surface area contributed by atoms with Crippen molar-refractivity contribution < 1.29 is 4.74 Å². The first-order valence-electron chi connectivity index (χ1n) is 5.76. The molecule has 1 heterocycles. The van der Waals surface area contributed by atoms with Gasteiger partial charge >= 0.3 is 0 Å². The molecule has 1 unspecified atom stereocenters. The first-order valence-corrected chi connectivity index (χ1v) is 5.76. The summed E-state index contributed by atoms with van der Waals surface area (Å²) in [5.74, 6) is 0. The van der Waals surface area contributed by atoms with Crippen LogP contribution < -0.4 is 0 Å². The van der Waals surface area contributed by atoms with Gasteiger partial charge in [0.05, 0.1) is 12.7 Å². The summed E-state index contributed by atoms with van der Waals surface area (Å²) < 4.78 is 5.30. The molecule has 0 aromatic rings. The van der Waals surface area contributed by atoms with Crippen LogP contribution in [-0.4, -0.2) is 61.8 Å². The van der Waals surface area contributed by atoms with Gasteiger partial charge in [0, 0.05) is 26.2 Å². The molecule has 4 nitrogen and oxygen atoms in total. The second-order valence-corrected chi connectivity index (χ2v) is 3.82. The Kier molecular flexibility index (Phi) is 5.62. The molecule has 1 aliphatic rings. The summed E-state index contributed by atoms with van der Waals surface area (Å²) in [6.45, 7) is 11.1. The molecule has 0 saturated carbocycles. The van der Waals surface area contributed by atoms with Crippen molar-refractivity contribution in [3.8, 4) is 6.07 Å². The van der Waals surface area contributed by atoms with Gasteiger partial charge in [0.15, 0.2) is 6.10 Å². The fourth-order valence-corrected chi connectivity index (χ4v) is 1.81. The predicted molar refractivity (Wildman–Crippen MR) is 59.6 cm³/mol. The Hall–Kier alpha value is -0.630. The lowest BCUT2D eigenvalue weighted by Gasteiger charge is -2.31. The molecule has 1 saturated heterocycles. The molecule has 4 heteroatoms. The molecule has 0 aromatic heterocycles. The molecule has 1 rings (SSSR count). The molecule has 1 fully saturated rings. The molecular formula is C11H21N3O. The van der Waals surface area contributed by atoms with E-state index in [1.807, 2.05) is 0 Å². The Morgan fingerprint density at radius 3 is 2.80 bits per heavy atom. The van der Waals surface area contributed by atoms with Crippen molar-refractivity contribution in [2.24, 2.45) is 0 Å². The van der Waals surface area contributed by atoms with Gasteiger partial charge in [-0.25, -0.2) is 0 Å². The molecule has 0 spiro atoms. The number of ether oxygens (including phenoxy) is 1. The maximum atomic E-state index is 8.77. The normalized spacial score (nSPS) is 22.9. The molecule has 0 N–H and O–H groups in total. The van der Waals surface area contributed by atoms with E-state index in [-0.39, 0.29) is 6.10 Å². The largest absolute Gasteiger partial charge is 0.361 e. The molecule has 0 aliphatic carbocycles. The number of nitrogens with zero attached hydrogens (tertiary/aromatic N) is 3. The van der Waals surface area contributed by atoms with Gasteiger partial charge in [-0.05, 0) is 13.1 Å². The number of hydrogen-bond donors (Lipinski definition) is 0. The van der Waals surface area contributed by atoms with E-state index < -0.39 is 0 Å². The van der Waals surface area contributed by atoms with Crippen LogP contribution in [0.2, 0.25) is 0 Å². The van der Waals surface area contributed by atoms with E-state index in [2.05, 4.69) is 29.7 Å². The molecule has 1 atom stereocenters. The lowest BCUT2D eigenvalue weighted by molar-refractivity contribution is -0.00213. The maximum absolute atomic E-state index is 8.77. The molecule has 0 bridgehead atoms. The van der Waals surface area contributed by atoms with Crippen LogP contribution >= 0.6 is 0 Å². The van der Waals surface area contributed by atoms with Gasteiger partial charge in [0.2, 0.25) is 0 Å². The second kappa shape index (κ2) is 6.78. The summed E-state index contributed by atoms with van der Waals surface area (Å²) in [5.41, 5.74) is 0. The zero-order valence-electron chi connectivity index (χ0n) is 9.78. The average molecular weight is 211 g/mol. The third-order valence-corrected chi connectivity index (χ3v) is 2.92. The highest BCUT2D eigenvalue weighted by atomic mass is 16.5. The number of hydrogen-bond acceptors (Lipinski definition) is 4. The van der Waals surface area contributed by atoms with E-state index in [1.54, 1.807) is 0 Å². The van der Waals surface area contributed by atoms with Gasteiger partial charge in [-0.3, -0.25) is 4.90 Å². The van der Waals surface area contributed by atoms with Crippen LogP contribution in [0.1, 0.15) is 13.8 Å². The van der Waals surface area contributed by atoms with Gasteiger partial charge in [-0.2, -0.15) is 5.26 Å². The van der Waals surface area contributed by atoms with Crippen molar-refractivity contribution in [1.29, 1.82) is 5.26 Å². The van der Waals surface area contributed by atoms with Gasteiger partial charge in [0.1, 0.15) is 0 Å². The van der Waals surface area contributed by atoms with Gasteiger partial charge in [0.25, 0.3) is 0 Å². The van der Waals surface area contributed by atoms with Crippen molar-refractivity contribution in [2.75, 3.05) is 45.9 Å². The van der Waals surface area contributed by atoms with Crippen LogP contribution in [0, 0.1) is 11.3 Å². The summed E-state index contributed by atoms with van der Waals surface area (Å²) in [6, 6.07) is 2.17. The fourth-order valence-electron chi connectivity index (χ4n) is 1.81. The highest BCUT2D eigenvalue weighted by molar-refractivity contribution is 4.89. The lowest BCUT2D eigenvalue weighted by atomic mass is 10.3. The summed E-state index contributed by atoms with van der Waals surface area (Å²) in [7, 11) is 0. The number of rotatable bonds is 5. The fraction of sp³-hybridized carbons (Fsp3) is 0.909. The van der Waals surface area contributed by atoms with E-state index >= 15 is 0 Å². The first kappa shape index (κ1) is 12.4. The topological polar surface area (TPSA) is 39.5 Å². The third-order valence-electron chi connectivity index (χ3n) is 2.92. The Morgan fingerprint density at radius 1 is 1.47 bits per heavy atom. The van der Waals surface area contributed by atoms with Crippen LogP contribution in [0.15, 0.2) is 0 Å². The predicted octanol–water partition coefficient (Wildman–Crippen LogP) is 0.553. The Balaban J connectivity index is 2.23. The van der Waals surface area contributed by atoms with Crippen LogP contribution in [0.4, 0.5) is 0 Å². The summed E-state index contributed by atoms with van der Waals surface area (Å²) in [4.78, 5) is 4.71. The highest BCUT2D eigenvalue weighted by Crippen LogP contribution is 2.04. The van der Waals surface area contributed by atoms with Crippen molar-refractivity contribution in [2.45, 2.75) is 20.0 Å². The third kappa shape index (κ3) is 4.17. The van der Waals surface area contributed by atoms with Crippen LogP contribution in [-0.2, 0) is 4.74 Å². The molecular weight excluding hydrogens is 190 g/mol. The van der Waals surface area contributed by atoms with Crippen molar-refractivity contribution in [3.05, 3.63) is 0 Å². The number of morpholine rings is 1. The molecule has 0 radical (unpaired) electrons. The van der Waals surface area contributed by atoms with Crippen molar-refractivity contribution in [3.63, 3.8) is 0 Å². The van der Waals surface area contributed by atoms with E-state index in [0.717, 1.165) is 39.3 Å². The van der Waals surface area contributed by atoms with Crippen LogP contribution in [0.5, 0.6) is 0 Å². The van der Waals surface area contributed by atoms with Gasteiger partial charge in [-0.15, -0.1) is 0 Å². The highest BCUT2D eigenvalue weighted by Gasteiger charge is 2.19. The minimum absolute atomic E-state index is 0.226. The molecule has 86 valence electrons. The zero-order chi connectivity index (χ0) is 11.1. The molecule has 15 heavy (non-hydrogen) atoms. The van der Waals surface area contributed by atoms with E-state index in [9.17, 15) is 0 Å². The number of likely N-dealkylation sites (N-methyl/N-ethyl adjacent to an activating group) is 1. The summed E-state index contributed by atoms with van der Waals surface area (Å²) >= 11 is 0. The smallest absolute Gasteiger partial charge is 0.156 e. The van der Waals surface area contributed by atoms with E-state index in [0.29, 0.717) is 6.61 Å².